The minimum atomic E-state index is -0.378. The fraction of sp³-hybridized carbons (Fsp3) is 0.364. The molecule has 0 unspecified atom stereocenters. The highest BCUT2D eigenvalue weighted by Gasteiger charge is 2.16. The summed E-state index contributed by atoms with van der Waals surface area (Å²) in [6.45, 7) is 10.6. The minimum absolute atomic E-state index is 0.0899. The van der Waals surface area contributed by atoms with Crippen LogP contribution in [0.25, 0.3) is 0 Å². The third kappa shape index (κ3) is 8.33. The van der Waals surface area contributed by atoms with E-state index in [-0.39, 0.29) is 23.3 Å². The van der Waals surface area contributed by atoms with Crippen molar-refractivity contribution in [2.24, 2.45) is 0 Å². The second-order valence-electron chi connectivity index (χ2n) is 6.65. The Morgan fingerprint density at radius 3 is 2.66 bits per heavy atom. The van der Waals surface area contributed by atoms with E-state index >= 15 is 0 Å². The first-order chi connectivity index (χ1) is 14.1. The standard InChI is InChI=1S/C22H29N3O4/c1-3-14-29-18(2)17-20(24-21(26)19-8-5-4-6-9-19)22(27)23-10-7-11-25-12-15-28-16-13-25/h3-6,8-9,14,17H,2,7,10-13,15-16H2,1H3,(H,23,27)(H,24,26)/p+1/b14-3-,20-17-. The van der Waals surface area contributed by atoms with Crippen molar-refractivity contribution in [3.63, 3.8) is 0 Å². The monoisotopic (exact) mass is 400 g/mol. The molecular formula is C22H30N3O4+. The molecular weight excluding hydrogens is 370 g/mol. The second-order valence-corrected chi connectivity index (χ2v) is 6.65. The van der Waals surface area contributed by atoms with Gasteiger partial charge in [0.15, 0.2) is 0 Å². The molecule has 3 N–H and O–H groups in total. The van der Waals surface area contributed by atoms with Gasteiger partial charge in [0.1, 0.15) is 24.5 Å². The van der Waals surface area contributed by atoms with Crippen molar-refractivity contribution in [1.29, 1.82) is 0 Å². The van der Waals surface area contributed by atoms with E-state index in [0.717, 1.165) is 39.3 Å². The van der Waals surface area contributed by atoms with Crippen LogP contribution < -0.4 is 15.5 Å². The Balaban J connectivity index is 1.93. The van der Waals surface area contributed by atoms with Crippen LogP contribution in [0.1, 0.15) is 23.7 Å². The molecule has 1 fully saturated rings. The highest BCUT2D eigenvalue weighted by molar-refractivity contribution is 6.02. The third-order valence-corrected chi connectivity index (χ3v) is 4.38. The molecule has 1 aliphatic heterocycles. The van der Waals surface area contributed by atoms with Crippen molar-refractivity contribution in [2.75, 3.05) is 39.4 Å². The largest absolute Gasteiger partial charge is 0.466 e. The summed E-state index contributed by atoms with van der Waals surface area (Å²) in [5.41, 5.74) is 0.550. The lowest BCUT2D eigenvalue weighted by atomic mass is 10.2. The van der Waals surface area contributed by atoms with Gasteiger partial charge in [-0.3, -0.25) is 9.59 Å². The lowest BCUT2D eigenvalue weighted by Crippen LogP contribution is -3.14. The summed E-state index contributed by atoms with van der Waals surface area (Å²) in [7, 11) is 0. The average Bonchev–Trinajstić information content (AvgIpc) is 2.76. The van der Waals surface area contributed by atoms with Crippen LogP contribution in [0.15, 0.2) is 66.8 Å². The van der Waals surface area contributed by atoms with Gasteiger partial charge in [-0.15, -0.1) is 0 Å². The summed E-state index contributed by atoms with van der Waals surface area (Å²) >= 11 is 0. The van der Waals surface area contributed by atoms with Crippen LogP contribution in [-0.2, 0) is 14.3 Å². The second kappa shape index (κ2) is 12.5. The first kappa shape index (κ1) is 22.4. The molecule has 1 aromatic rings. The number of hydrogen-bond donors (Lipinski definition) is 3. The van der Waals surface area contributed by atoms with Crippen molar-refractivity contribution < 1.29 is 24.0 Å². The smallest absolute Gasteiger partial charge is 0.267 e. The molecule has 0 aromatic heterocycles. The van der Waals surface area contributed by atoms with Gasteiger partial charge in [0.2, 0.25) is 0 Å². The first-order valence-corrected chi connectivity index (χ1v) is 9.84. The van der Waals surface area contributed by atoms with Gasteiger partial charge in [-0.25, -0.2) is 0 Å². The average molecular weight is 400 g/mol. The summed E-state index contributed by atoms with van der Waals surface area (Å²) in [5.74, 6) is -0.501. The zero-order valence-electron chi connectivity index (χ0n) is 16.9. The maximum absolute atomic E-state index is 12.6. The van der Waals surface area contributed by atoms with Crippen LogP contribution in [0, 0.1) is 0 Å². The van der Waals surface area contributed by atoms with E-state index < -0.39 is 0 Å². The van der Waals surface area contributed by atoms with Gasteiger partial charge < -0.3 is 25.0 Å². The normalized spacial score (nSPS) is 15.1. The fourth-order valence-corrected chi connectivity index (χ4v) is 2.84. The molecule has 0 radical (unpaired) electrons. The quantitative estimate of drug-likeness (QED) is 0.235. The molecule has 1 heterocycles. The fourth-order valence-electron chi connectivity index (χ4n) is 2.84. The van der Waals surface area contributed by atoms with Gasteiger partial charge in [0, 0.05) is 24.6 Å². The Bertz CT molecular complexity index is 738. The Labute approximate surface area is 172 Å². The number of quaternary nitrogens is 1. The third-order valence-electron chi connectivity index (χ3n) is 4.38. The van der Waals surface area contributed by atoms with Crippen LogP contribution >= 0.6 is 0 Å². The molecule has 0 bridgehead atoms. The zero-order valence-corrected chi connectivity index (χ0v) is 16.9. The maximum Gasteiger partial charge on any atom is 0.267 e. The molecule has 0 spiro atoms. The number of rotatable bonds is 10. The van der Waals surface area contributed by atoms with Crippen LogP contribution in [-0.4, -0.2) is 51.2 Å². The summed E-state index contributed by atoms with van der Waals surface area (Å²) in [5, 5.41) is 5.51. The molecule has 7 nitrogen and oxygen atoms in total. The minimum Gasteiger partial charge on any atom is -0.466 e. The first-order valence-electron chi connectivity index (χ1n) is 9.84. The van der Waals surface area contributed by atoms with Gasteiger partial charge in [0.25, 0.3) is 11.8 Å². The Hall–Kier alpha value is -2.90. The topological polar surface area (TPSA) is 81.1 Å². The number of nitrogens with one attached hydrogen (secondary N) is 3. The van der Waals surface area contributed by atoms with Crippen molar-refractivity contribution in [1.82, 2.24) is 10.6 Å². The number of ether oxygens (including phenoxy) is 2. The lowest BCUT2D eigenvalue weighted by molar-refractivity contribution is -0.908. The maximum atomic E-state index is 12.6. The van der Waals surface area contributed by atoms with Gasteiger partial charge >= 0.3 is 0 Å². The summed E-state index contributed by atoms with van der Waals surface area (Å²) < 4.78 is 10.6. The number of allylic oxidation sites excluding steroid dienone is 2. The number of amides is 2. The van der Waals surface area contributed by atoms with E-state index in [1.165, 1.54) is 17.2 Å². The highest BCUT2D eigenvalue weighted by Crippen LogP contribution is 2.05. The van der Waals surface area contributed by atoms with Crippen LogP contribution in [0.4, 0.5) is 0 Å². The van der Waals surface area contributed by atoms with Crippen molar-refractivity contribution in [3.05, 3.63) is 72.3 Å². The van der Waals surface area contributed by atoms with Crippen LogP contribution in [0.3, 0.4) is 0 Å². The van der Waals surface area contributed by atoms with Crippen molar-refractivity contribution in [2.45, 2.75) is 13.3 Å². The van der Waals surface area contributed by atoms with Crippen LogP contribution in [0.2, 0.25) is 0 Å². The van der Waals surface area contributed by atoms with Crippen molar-refractivity contribution in [3.8, 4) is 0 Å². The Morgan fingerprint density at radius 2 is 1.97 bits per heavy atom. The van der Waals surface area contributed by atoms with E-state index in [2.05, 4.69) is 17.2 Å². The number of hydrogen-bond acceptors (Lipinski definition) is 4. The molecule has 0 atom stereocenters. The van der Waals surface area contributed by atoms with E-state index in [1.54, 1.807) is 37.3 Å². The van der Waals surface area contributed by atoms with Gasteiger partial charge in [-0.1, -0.05) is 30.9 Å². The number of carbonyl (C=O) groups is 2. The number of benzene rings is 1. The van der Waals surface area contributed by atoms with E-state index in [1.807, 2.05) is 6.07 Å². The molecule has 1 aliphatic rings. The molecule has 1 aromatic carbocycles. The molecule has 29 heavy (non-hydrogen) atoms. The van der Waals surface area contributed by atoms with E-state index in [4.69, 9.17) is 9.47 Å². The van der Waals surface area contributed by atoms with Crippen LogP contribution in [0.5, 0.6) is 0 Å². The van der Waals surface area contributed by atoms with Gasteiger partial charge in [0.05, 0.1) is 26.0 Å². The Morgan fingerprint density at radius 1 is 1.24 bits per heavy atom. The molecule has 2 amide bonds. The van der Waals surface area contributed by atoms with Crippen molar-refractivity contribution >= 4 is 11.8 Å². The molecule has 0 saturated carbocycles. The van der Waals surface area contributed by atoms with Gasteiger partial charge in [-0.2, -0.15) is 0 Å². The molecule has 7 heteroatoms. The number of morpholine rings is 1. The predicted molar refractivity (Wildman–Crippen MR) is 111 cm³/mol. The zero-order chi connectivity index (χ0) is 20.9. The predicted octanol–water partition coefficient (Wildman–Crippen LogP) is 0.786. The SMILES string of the molecule is C=C(/C=C(\NC(=O)c1ccccc1)C(=O)NCCC[NH+]1CCOCC1)O/C=C\C. The van der Waals surface area contributed by atoms with Gasteiger partial charge in [-0.05, 0) is 19.1 Å². The Kier molecular flexibility index (Phi) is 9.68. The highest BCUT2D eigenvalue weighted by atomic mass is 16.5. The molecule has 2 rings (SSSR count). The number of carbonyl (C=O) groups excluding carboxylic acids is 2. The molecule has 0 aliphatic carbocycles. The summed E-state index contributed by atoms with van der Waals surface area (Å²) in [4.78, 5) is 26.6. The summed E-state index contributed by atoms with van der Waals surface area (Å²) in [6.07, 6.45) is 5.42. The van der Waals surface area contributed by atoms with E-state index in [9.17, 15) is 9.59 Å². The summed E-state index contributed by atoms with van der Waals surface area (Å²) in [6, 6.07) is 8.71. The molecule has 1 saturated heterocycles. The lowest BCUT2D eigenvalue weighted by Gasteiger charge is -2.23. The molecule has 156 valence electrons. The van der Waals surface area contributed by atoms with E-state index in [0.29, 0.717) is 12.1 Å².